The van der Waals surface area contributed by atoms with Gasteiger partial charge in [0.05, 0.1) is 1.37 Å². The summed E-state index contributed by atoms with van der Waals surface area (Å²) < 4.78 is 7.95. The van der Waals surface area contributed by atoms with E-state index in [1.807, 2.05) is 51.7 Å². The molecule has 0 bridgehead atoms. The summed E-state index contributed by atoms with van der Waals surface area (Å²) in [4.78, 5) is 14.2. The van der Waals surface area contributed by atoms with E-state index in [2.05, 4.69) is 0 Å². The van der Waals surface area contributed by atoms with Gasteiger partial charge in [-0.05, 0) is 46.7 Å². The van der Waals surface area contributed by atoms with E-state index in [9.17, 15) is 4.79 Å². The summed E-state index contributed by atoms with van der Waals surface area (Å²) in [7, 11) is 0. The molecule has 0 aromatic heterocycles. The summed E-state index contributed by atoms with van der Waals surface area (Å²) in [5.41, 5.74) is 1.33. The van der Waals surface area contributed by atoms with Crippen molar-refractivity contribution in [3.63, 3.8) is 0 Å². The molecule has 0 N–H and O–H groups in total. The number of amides is 1. The van der Waals surface area contributed by atoms with Gasteiger partial charge in [0.1, 0.15) is 0 Å². The van der Waals surface area contributed by atoms with Crippen LogP contribution in [0.1, 0.15) is 45.0 Å². The van der Waals surface area contributed by atoms with Gasteiger partial charge < -0.3 is 4.90 Å². The lowest BCUT2D eigenvalue weighted by molar-refractivity contribution is 0.0643. The Hall–Kier alpha value is -1.31. The predicted molar refractivity (Wildman–Crippen MR) is 67.6 cm³/mol. The second-order valence-corrected chi connectivity index (χ2v) is 4.65. The SMILES string of the molecule is [2H]c1c(C)cccc1C(=O)N(C(C)C)C(C)C. The predicted octanol–water partition coefficient (Wildman–Crippen LogP) is 3.25. The molecule has 2 nitrogen and oxygen atoms in total. The van der Waals surface area contributed by atoms with Crippen LogP contribution < -0.4 is 0 Å². The summed E-state index contributed by atoms with van der Waals surface area (Å²) in [6, 6.07) is 6.04. The van der Waals surface area contributed by atoms with Crippen molar-refractivity contribution in [2.75, 3.05) is 0 Å². The maximum Gasteiger partial charge on any atom is 0.254 e. The van der Waals surface area contributed by atoms with Crippen LogP contribution in [-0.2, 0) is 0 Å². The van der Waals surface area contributed by atoms with Crippen molar-refractivity contribution in [2.45, 2.75) is 46.7 Å². The molecule has 0 fully saturated rings. The Balaban J connectivity index is 3.15. The van der Waals surface area contributed by atoms with Crippen molar-refractivity contribution < 1.29 is 6.17 Å². The summed E-state index contributed by atoms with van der Waals surface area (Å²) in [6.07, 6.45) is 0. The lowest BCUT2D eigenvalue weighted by Crippen LogP contribution is -2.42. The molecule has 0 aliphatic carbocycles. The molecule has 88 valence electrons. The lowest BCUT2D eigenvalue weighted by Gasteiger charge is -2.30. The number of carbonyl (C=O) groups excluding carboxylic acids is 1. The molecule has 0 heterocycles. The van der Waals surface area contributed by atoms with Crippen LogP contribution in [0.4, 0.5) is 0 Å². The molecule has 1 aromatic carbocycles. The fraction of sp³-hybridized carbons (Fsp3) is 0.500. The Labute approximate surface area is 99.7 Å². The van der Waals surface area contributed by atoms with E-state index in [4.69, 9.17) is 1.37 Å². The maximum absolute atomic E-state index is 12.4. The molecule has 1 rings (SSSR count). The van der Waals surface area contributed by atoms with Crippen molar-refractivity contribution in [3.05, 3.63) is 35.4 Å². The molecule has 0 atom stereocenters. The van der Waals surface area contributed by atoms with Crippen molar-refractivity contribution in [1.29, 1.82) is 0 Å². The zero-order valence-electron chi connectivity index (χ0n) is 11.7. The normalized spacial score (nSPS) is 11.8. The van der Waals surface area contributed by atoms with Gasteiger partial charge in [-0.2, -0.15) is 0 Å². The highest BCUT2D eigenvalue weighted by atomic mass is 16.2. The maximum atomic E-state index is 12.4. The van der Waals surface area contributed by atoms with Crippen molar-refractivity contribution >= 4 is 5.91 Å². The summed E-state index contributed by atoms with van der Waals surface area (Å²) in [5.74, 6) is -0.0521. The Morgan fingerprint density at radius 2 is 1.81 bits per heavy atom. The van der Waals surface area contributed by atoms with Crippen LogP contribution in [0, 0.1) is 6.92 Å². The molecule has 0 radical (unpaired) electrons. The molecule has 0 aliphatic heterocycles. The first-order valence-corrected chi connectivity index (χ1v) is 5.75. The zero-order chi connectivity index (χ0) is 13.2. The first-order chi connectivity index (χ1) is 7.86. The Morgan fingerprint density at radius 3 is 2.31 bits per heavy atom. The van der Waals surface area contributed by atoms with Crippen LogP contribution >= 0.6 is 0 Å². The van der Waals surface area contributed by atoms with Crippen molar-refractivity contribution in [3.8, 4) is 0 Å². The van der Waals surface area contributed by atoms with Gasteiger partial charge in [0, 0.05) is 17.6 Å². The van der Waals surface area contributed by atoms with E-state index in [1.165, 1.54) is 0 Å². The molecule has 0 saturated heterocycles. The minimum atomic E-state index is -0.0521. The van der Waals surface area contributed by atoms with Crippen molar-refractivity contribution in [2.24, 2.45) is 0 Å². The zero-order valence-corrected chi connectivity index (χ0v) is 10.7. The molecule has 0 unspecified atom stereocenters. The average Bonchev–Trinajstić information content (AvgIpc) is 2.20. The van der Waals surface area contributed by atoms with E-state index in [0.717, 1.165) is 5.56 Å². The number of hydrogen-bond donors (Lipinski definition) is 0. The number of hydrogen-bond acceptors (Lipinski definition) is 1. The Kier molecular flexibility index (Phi) is 3.60. The first-order valence-electron chi connectivity index (χ1n) is 6.25. The third-order valence-corrected chi connectivity index (χ3v) is 2.52. The average molecular weight is 220 g/mol. The molecule has 1 aromatic rings. The monoisotopic (exact) mass is 220 g/mol. The van der Waals surface area contributed by atoms with Gasteiger partial charge in [-0.3, -0.25) is 4.79 Å². The number of nitrogens with zero attached hydrogens (tertiary/aromatic N) is 1. The van der Waals surface area contributed by atoms with Gasteiger partial charge in [-0.1, -0.05) is 17.7 Å². The van der Waals surface area contributed by atoms with Crippen molar-refractivity contribution in [1.82, 2.24) is 4.90 Å². The highest BCUT2D eigenvalue weighted by Gasteiger charge is 2.21. The minimum absolute atomic E-state index is 0.0521. The van der Waals surface area contributed by atoms with E-state index >= 15 is 0 Å². The van der Waals surface area contributed by atoms with Gasteiger partial charge >= 0.3 is 0 Å². The van der Waals surface area contributed by atoms with Crippen LogP contribution in [0.3, 0.4) is 0 Å². The van der Waals surface area contributed by atoms with E-state index in [-0.39, 0.29) is 18.0 Å². The van der Waals surface area contributed by atoms with Gasteiger partial charge in [-0.25, -0.2) is 0 Å². The van der Waals surface area contributed by atoms with Gasteiger partial charge in [0.25, 0.3) is 5.91 Å². The quantitative estimate of drug-likeness (QED) is 0.765. The molecule has 2 heteroatoms. The lowest BCUT2D eigenvalue weighted by atomic mass is 10.1. The number of benzene rings is 1. The third-order valence-electron chi connectivity index (χ3n) is 2.52. The minimum Gasteiger partial charge on any atom is -0.334 e. The highest BCUT2D eigenvalue weighted by Crippen LogP contribution is 2.13. The summed E-state index contributed by atoms with van der Waals surface area (Å²) in [6.45, 7) is 9.84. The topological polar surface area (TPSA) is 20.3 Å². The smallest absolute Gasteiger partial charge is 0.254 e. The van der Waals surface area contributed by atoms with E-state index < -0.39 is 0 Å². The Bertz CT molecular complexity index is 405. The summed E-state index contributed by atoms with van der Waals surface area (Å²) >= 11 is 0. The van der Waals surface area contributed by atoms with E-state index in [0.29, 0.717) is 11.6 Å². The largest absolute Gasteiger partial charge is 0.334 e. The van der Waals surface area contributed by atoms with Crippen LogP contribution in [-0.4, -0.2) is 22.9 Å². The third kappa shape index (κ3) is 2.84. The Morgan fingerprint density at radius 1 is 1.25 bits per heavy atom. The first kappa shape index (κ1) is 11.2. The van der Waals surface area contributed by atoms with Crippen LogP contribution in [0.25, 0.3) is 0 Å². The van der Waals surface area contributed by atoms with E-state index in [1.54, 1.807) is 6.07 Å². The van der Waals surface area contributed by atoms with Gasteiger partial charge in [-0.15, -0.1) is 0 Å². The molecule has 0 spiro atoms. The summed E-state index contributed by atoms with van der Waals surface area (Å²) in [5, 5.41) is 0. The molecular formula is C14H21NO. The second-order valence-electron chi connectivity index (χ2n) is 4.65. The highest BCUT2D eigenvalue weighted by molar-refractivity contribution is 5.94. The van der Waals surface area contributed by atoms with Crippen LogP contribution in [0.2, 0.25) is 0 Å². The second kappa shape index (κ2) is 5.15. The number of carbonyl (C=O) groups is 1. The van der Waals surface area contributed by atoms with Gasteiger partial charge in [0.15, 0.2) is 0 Å². The van der Waals surface area contributed by atoms with Crippen LogP contribution in [0.15, 0.2) is 24.2 Å². The van der Waals surface area contributed by atoms with Gasteiger partial charge in [0.2, 0.25) is 0 Å². The fourth-order valence-corrected chi connectivity index (χ4v) is 1.91. The standard InChI is InChI=1S/C14H21NO/c1-10(2)15(11(3)4)14(16)13-8-6-7-12(5)9-13/h6-11H,1-5H3/i9D. The fourth-order valence-electron chi connectivity index (χ4n) is 1.91. The molecule has 1 amide bonds. The molecule has 0 saturated carbocycles. The molecule has 16 heavy (non-hydrogen) atoms. The molecular weight excluding hydrogens is 198 g/mol. The molecule has 0 aliphatic rings. The van der Waals surface area contributed by atoms with Crippen LogP contribution in [0.5, 0.6) is 0 Å². The number of rotatable bonds is 3. The number of aryl methyl sites for hydroxylation is 1.